The summed E-state index contributed by atoms with van der Waals surface area (Å²) in [5.41, 5.74) is 16.7. The second-order valence-corrected chi connectivity index (χ2v) is 13.8. The van der Waals surface area contributed by atoms with Crippen molar-refractivity contribution in [2.45, 2.75) is 0 Å². The predicted molar refractivity (Wildman–Crippen MR) is 227 cm³/mol. The van der Waals surface area contributed by atoms with E-state index in [0.29, 0.717) is 11.4 Å². The van der Waals surface area contributed by atoms with Crippen LogP contribution in [0.3, 0.4) is 0 Å². The van der Waals surface area contributed by atoms with E-state index >= 15 is 0 Å². The molecule has 55 heavy (non-hydrogen) atoms. The average molecular weight is 703 g/mol. The summed E-state index contributed by atoms with van der Waals surface area (Å²) in [6.07, 6.45) is 0. The van der Waals surface area contributed by atoms with Gasteiger partial charge in [0.15, 0.2) is 11.4 Å². The molecule has 0 amide bonds. The smallest absolute Gasteiger partial charge is 0.180 e. The van der Waals surface area contributed by atoms with Crippen molar-refractivity contribution in [2.75, 3.05) is 0 Å². The van der Waals surface area contributed by atoms with Crippen molar-refractivity contribution < 1.29 is 4.42 Å². The number of rotatable bonds is 7. The molecule has 10 rings (SSSR count). The normalized spacial score (nSPS) is 11.3. The topological polar surface area (TPSA) is 38.9 Å². The van der Waals surface area contributed by atoms with Crippen molar-refractivity contribution >= 4 is 22.1 Å². The van der Waals surface area contributed by atoms with Crippen LogP contribution < -0.4 is 0 Å². The molecule has 0 unspecified atom stereocenters. The molecule has 0 aliphatic heterocycles. The second-order valence-electron chi connectivity index (χ2n) is 13.8. The van der Waals surface area contributed by atoms with Crippen molar-refractivity contribution in [3.63, 3.8) is 0 Å². The van der Waals surface area contributed by atoms with E-state index in [1.54, 1.807) is 0 Å². The molecule has 0 radical (unpaired) electrons. The third kappa shape index (κ3) is 6.28. The Hall–Kier alpha value is -7.36. The van der Waals surface area contributed by atoms with E-state index < -0.39 is 0 Å². The number of hydrogen-bond acceptors (Lipinski definition) is 3. The minimum Gasteiger partial charge on any atom is -0.452 e. The molecular weight excluding hydrogens is 669 g/mol. The van der Waals surface area contributed by atoms with Gasteiger partial charge in [0.2, 0.25) is 0 Å². The number of aromatic nitrogens is 2. The Kier molecular flexibility index (Phi) is 8.16. The molecule has 0 saturated carbocycles. The standard InChI is InChI=1S/C52H34N2O/c1-3-13-35(14-4-1)37-27-29-38(30-28-37)49-51-50(47-25-7-8-26-48(47)55-51)54-52(53-49)46-24-12-23-45(34-46)44-22-11-21-43(33-44)42-20-10-19-41(32-42)40-18-9-17-39(31-40)36-15-5-2-6-16-36/h1-34H. The van der Waals surface area contributed by atoms with Gasteiger partial charge >= 0.3 is 0 Å². The Labute approximate surface area is 319 Å². The number of hydrogen-bond donors (Lipinski definition) is 0. The Morgan fingerprint density at radius 1 is 0.291 bits per heavy atom. The van der Waals surface area contributed by atoms with E-state index in [-0.39, 0.29) is 0 Å². The second kappa shape index (κ2) is 13.9. The van der Waals surface area contributed by atoms with E-state index in [1.807, 2.05) is 24.3 Å². The van der Waals surface area contributed by atoms with Gasteiger partial charge in [0.25, 0.3) is 0 Å². The monoisotopic (exact) mass is 702 g/mol. The summed E-state index contributed by atoms with van der Waals surface area (Å²) >= 11 is 0. The summed E-state index contributed by atoms with van der Waals surface area (Å²) in [6.45, 7) is 0. The first kappa shape index (κ1) is 32.3. The molecule has 2 heterocycles. The summed E-state index contributed by atoms with van der Waals surface area (Å²) in [4.78, 5) is 10.3. The first-order valence-corrected chi connectivity index (χ1v) is 18.6. The van der Waals surface area contributed by atoms with Crippen molar-refractivity contribution in [2.24, 2.45) is 0 Å². The first-order valence-electron chi connectivity index (χ1n) is 18.6. The third-order valence-corrected chi connectivity index (χ3v) is 10.3. The van der Waals surface area contributed by atoms with Crippen molar-refractivity contribution in [3.8, 4) is 78.3 Å². The molecule has 0 aliphatic rings. The van der Waals surface area contributed by atoms with E-state index in [0.717, 1.165) is 55.6 Å². The van der Waals surface area contributed by atoms with Gasteiger partial charge in [0.05, 0.1) is 0 Å². The summed E-state index contributed by atoms with van der Waals surface area (Å²) in [5.74, 6) is 0.657. The van der Waals surface area contributed by atoms with Crippen LogP contribution in [0.4, 0.5) is 0 Å². The zero-order valence-corrected chi connectivity index (χ0v) is 29.9. The Bertz CT molecular complexity index is 2960. The summed E-state index contributed by atoms with van der Waals surface area (Å²) in [6, 6.07) is 72.4. The van der Waals surface area contributed by atoms with Crippen molar-refractivity contribution in [3.05, 3.63) is 206 Å². The summed E-state index contributed by atoms with van der Waals surface area (Å²) in [7, 11) is 0. The number of nitrogens with zero attached hydrogens (tertiary/aromatic N) is 2. The van der Waals surface area contributed by atoms with Gasteiger partial charge in [-0.1, -0.05) is 170 Å². The van der Waals surface area contributed by atoms with Crippen LogP contribution in [0.1, 0.15) is 0 Å². The fraction of sp³-hybridized carbons (Fsp3) is 0. The van der Waals surface area contributed by atoms with Gasteiger partial charge in [-0.25, -0.2) is 9.97 Å². The molecule has 258 valence electrons. The van der Waals surface area contributed by atoms with Crippen LogP contribution in [0.5, 0.6) is 0 Å². The van der Waals surface area contributed by atoms with Crippen LogP contribution in [0.15, 0.2) is 211 Å². The lowest BCUT2D eigenvalue weighted by molar-refractivity contribution is 0.667. The lowest BCUT2D eigenvalue weighted by Gasteiger charge is -2.11. The molecule has 0 fully saturated rings. The van der Waals surface area contributed by atoms with E-state index in [2.05, 4.69) is 182 Å². The van der Waals surface area contributed by atoms with Gasteiger partial charge in [-0.15, -0.1) is 0 Å². The Morgan fingerprint density at radius 3 is 1.22 bits per heavy atom. The van der Waals surface area contributed by atoms with Gasteiger partial charge in [-0.2, -0.15) is 0 Å². The van der Waals surface area contributed by atoms with Gasteiger partial charge in [-0.3, -0.25) is 0 Å². The zero-order valence-electron chi connectivity index (χ0n) is 29.9. The maximum Gasteiger partial charge on any atom is 0.180 e. The molecule has 8 aromatic carbocycles. The molecule has 0 bridgehead atoms. The maximum atomic E-state index is 6.43. The van der Waals surface area contributed by atoms with Crippen LogP contribution >= 0.6 is 0 Å². The largest absolute Gasteiger partial charge is 0.452 e. The van der Waals surface area contributed by atoms with Crippen LogP contribution in [0.2, 0.25) is 0 Å². The van der Waals surface area contributed by atoms with Gasteiger partial charge in [0, 0.05) is 16.5 Å². The minimum atomic E-state index is 0.657. The molecular formula is C52H34N2O. The highest BCUT2D eigenvalue weighted by atomic mass is 16.3. The number of furan rings is 1. The third-order valence-electron chi connectivity index (χ3n) is 10.3. The molecule has 0 aliphatic carbocycles. The molecule has 0 atom stereocenters. The van der Waals surface area contributed by atoms with E-state index in [9.17, 15) is 0 Å². The molecule has 3 heteroatoms. The van der Waals surface area contributed by atoms with Crippen LogP contribution in [-0.4, -0.2) is 9.97 Å². The maximum absolute atomic E-state index is 6.43. The predicted octanol–water partition coefficient (Wildman–Crippen LogP) is 14.0. The molecule has 0 N–H and O–H groups in total. The highest BCUT2D eigenvalue weighted by Crippen LogP contribution is 2.37. The summed E-state index contributed by atoms with van der Waals surface area (Å²) < 4.78 is 6.43. The Balaban J connectivity index is 1.01. The highest BCUT2D eigenvalue weighted by Gasteiger charge is 2.18. The molecule has 0 spiro atoms. The first-order chi connectivity index (χ1) is 27.2. The number of para-hydroxylation sites is 1. The van der Waals surface area contributed by atoms with Crippen molar-refractivity contribution in [1.29, 1.82) is 0 Å². The fourth-order valence-corrected chi connectivity index (χ4v) is 7.47. The van der Waals surface area contributed by atoms with E-state index in [1.165, 1.54) is 33.4 Å². The van der Waals surface area contributed by atoms with Gasteiger partial charge in [-0.05, 0) is 92.0 Å². The lowest BCUT2D eigenvalue weighted by Crippen LogP contribution is -1.94. The minimum absolute atomic E-state index is 0.657. The zero-order chi connectivity index (χ0) is 36.6. The quantitative estimate of drug-likeness (QED) is 0.166. The number of benzene rings is 8. The van der Waals surface area contributed by atoms with Gasteiger partial charge < -0.3 is 4.42 Å². The van der Waals surface area contributed by atoms with Crippen LogP contribution in [0.25, 0.3) is 100 Å². The lowest BCUT2D eigenvalue weighted by atomic mass is 9.94. The van der Waals surface area contributed by atoms with E-state index in [4.69, 9.17) is 14.4 Å². The van der Waals surface area contributed by atoms with Crippen LogP contribution in [-0.2, 0) is 0 Å². The molecule has 2 aromatic heterocycles. The average Bonchev–Trinajstić information content (AvgIpc) is 3.66. The Morgan fingerprint density at radius 2 is 0.673 bits per heavy atom. The SMILES string of the molecule is c1ccc(-c2ccc(-c3nc(-c4cccc(-c5cccc(-c6cccc(-c7cccc(-c8ccccc8)c7)c6)c5)c4)nc4c3oc3ccccc34)cc2)cc1. The van der Waals surface area contributed by atoms with Crippen molar-refractivity contribution in [1.82, 2.24) is 9.97 Å². The van der Waals surface area contributed by atoms with Crippen LogP contribution in [0, 0.1) is 0 Å². The fourth-order valence-electron chi connectivity index (χ4n) is 7.47. The highest BCUT2D eigenvalue weighted by molar-refractivity contribution is 6.07. The van der Waals surface area contributed by atoms with Gasteiger partial charge in [0.1, 0.15) is 16.8 Å². The molecule has 3 nitrogen and oxygen atoms in total. The molecule has 10 aromatic rings. The molecule has 0 saturated heterocycles. The summed E-state index contributed by atoms with van der Waals surface area (Å²) in [5, 5.41) is 0.973. The number of fused-ring (bicyclic) bond motifs is 3.